The van der Waals surface area contributed by atoms with Gasteiger partial charge >= 0.3 is 0 Å². The maximum absolute atomic E-state index is 4.41. The second-order valence-electron chi connectivity index (χ2n) is 4.17. The Morgan fingerprint density at radius 2 is 1.75 bits per heavy atom. The molecule has 0 fully saturated rings. The van der Waals surface area contributed by atoms with Crippen LogP contribution < -0.4 is 0 Å². The molecule has 1 nitrogen and oxygen atoms in total. The van der Waals surface area contributed by atoms with Gasteiger partial charge in [0.25, 0.3) is 0 Å². The third-order valence-electron chi connectivity index (χ3n) is 2.71. The molecule has 0 atom stereocenters. The van der Waals surface area contributed by atoms with Crippen LogP contribution >= 0.6 is 0 Å². The van der Waals surface area contributed by atoms with Crippen LogP contribution in [0.4, 0.5) is 0 Å². The Hall–Kier alpha value is -1.63. The second-order valence-corrected chi connectivity index (χ2v) is 4.17. The molecule has 0 bridgehead atoms. The minimum atomic E-state index is 1.06. The fraction of sp³-hybridized carbons (Fsp3) is 0.267. The van der Waals surface area contributed by atoms with Crippen LogP contribution in [0.2, 0.25) is 0 Å². The summed E-state index contributed by atoms with van der Waals surface area (Å²) in [6.07, 6.45) is 5.31. The number of aromatic nitrogens is 1. The zero-order chi connectivity index (χ0) is 11.2. The predicted molar refractivity (Wildman–Crippen MR) is 67.4 cm³/mol. The highest BCUT2D eigenvalue weighted by Gasteiger charge is 1.96. The maximum atomic E-state index is 4.41. The van der Waals surface area contributed by atoms with Gasteiger partial charge in [0.2, 0.25) is 0 Å². The fourth-order valence-corrected chi connectivity index (χ4v) is 1.76. The SMILES string of the molecule is Cc1ccc(CCCc2ccccc2)nc1. The van der Waals surface area contributed by atoms with Crippen molar-refractivity contribution >= 4 is 0 Å². The molecular weight excluding hydrogens is 194 g/mol. The first kappa shape index (κ1) is 10.9. The zero-order valence-electron chi connectivity index (χ0n) is 9.69. The molecule has 0 aliphatic heterocycles. The van der Waals surface area contributed by atoms with Crippen LogP contribution in [0.25, 0.3) is 0 Å². The number of rotatable bonds is 4. The first-order valence-electron chi connectivity index (χ1n) is 5.80. The van der Waals surface area contributed by atoms with Gasteiger partial charge in [-0.2, -0.15) is 0 Å². The first-order valence-corrected chi connectivity index (χ1v) is 5.80. The number of pyridine rings is 1. The third kappa shape index (κ3) is 3.20. The topological polar surface area (TPSA) is 12.9 Å². The molecule has 0 saturated carbocycles. The van der Waals surface area contributed by atoms with Crippen LogP contribution in [0, 0.1) is 6.92 Å². The molecule has 0 unspecified atom stereocenters. The lowest BCUT2D eigenvalue weighted by Crippen LogP contribution is -1.92. The number of aryl methyl sites for hydroxylation is 3. The second kappa shape index (κ2) is 5.45. The molecule has 1 aromatic carbocycles. The van der Waals surface area contributed by atoms with E-state index in [0.29, 0.717) is 0 Å². The van der Waals surface area contributed by atoms with Gasteiger partial charge in [-0.05, 0) is 43.4 Å². The third-order valence-corrected chi connectivity index (χ3v) is 2.71. The summed E-state index contributed by atoms with van der Waals surface area (Å²) in [6.45, 7) is 2.07. The van der Waals surface area contributed by atoms with Gasteiger partial charge in [0.1, 0.15) is 0 Å². The highest BCUT2D eigenvalue weighted by molar-refractivity contribution is 5.16. The van der Waals surface area contributed by atoms with Crippen molar-refractivity contribution < 1.29 is 0 Å². The molecule has 16 heavy (non-hydrogen) atoms. The average Bonchev–Trinajstić information content (AvgIpc) is 2.33. The monoisotopic (exact) mass is 211 g/mol. The summed E-state index contributed by atoms with van der Waals surface area (Å²) >= 11 is 0. The van der Waals surface area contributed by atoms with Gasteiger partial charge in [-0.25, -0.2) is 0 Å². The molecule has 2 rings (SSSR count). The molecule has 1 aromatic heterocycles. The smallest absolute Gasteiger partial charge is 0.0403 e. The Morgan fingerprint density at radius 3 is 2.44 bits per heavy atom. The van der Waals surface area contributed by atoms with Crippen molar-refractivity contribution in [2.75, 3.05) is 0 Å². The highest BCUT2D eigenvalue weighted by atomic mass is 14.7. The van der Waals surface area contributed by atoms with Crippen LogP contribution in [0.3, 0.4) is 0 Å². The van der Waals surface area contributed by atoms with E-state index in [4.69, 9.17) is 0 Å². The van der Waals surface area contributed by atoms with E-state index in [2.05, 4.69) is 54.4 Å². The van der Waals surface area contributed by atoms with E-state index in [0.717, 1.165) is 12.8 Å². The molecule has 0 aliphatic rings. The molecule has 0 amide bonds. The minimum Gasteiger partial charge on any atom is -0.261 e. The zero-order valence-corrected chi connectivity index (χ0v) is 9.69. The summed E-state index contributed by atoms with van der Waals surface area (Å²) in [6, 6.07) is 14.9. The number of hydrogen-bond donors (Lipinski definition) is 0. The van der Waals surface area contributed by atoms with Crippen molar-refractivity contribution in [2.45, 2.75) is 26.2 Å². The summed E-state index contributed by atoms with van der Waals surface area (Å²) in [5.74, 6) is 0. The molecule has 1 heteroatoms. The number of hydrogen-bond acceptors (Lipinski definition) is 1. The quantitative estimate of drug-likeness (QED) is 0.753. The molecule has 1 heterocycles. The largest absolute Gasteiger partial charge is 0.261 e. The first-order chi connectivity index (χ1) is 7.84. The highest BCUT2D eigenvalue weighted by Crippen LogP contribution is 2.07. The summed E-state index contributed by atoms with van der Waals surface area (Å²) in [5.41, 5.74) is 3.84. The van der Waals surface area contributed by atoms with E-state index in [1.165, 1.54) is 23.2 Å². The van der Waals surface area contributed by atoms with Crippen LogP contribution in [-0.4, -0.2) is 4.98 Å². The molecule has 2 aromatic rings. The predicted octanol–water partition coefficient (Wildman–Crippen LogP) is 3.57. The molecule has 0 N–H and O–H groups in total. The standard InChI is InChI=1S/C15H17N/c1-13-10-11-15(16-12-13)9-5-8-14-6-3-2-4-7-14/h2-4,6-7,10-12H,5,8-9H2,1H3. The lowest BCUT2D eigenvalue weighted by Gasteiger charge is -2.02. The molecule has 0 radical (unpaired) electrons. The van der Waals surface area contributed by atoms with Gasteiger partial charge < -0.3 is 0 Å². The van der Waals surface area contributed by atoms with Crippen molar-refractivity contribution in [2.24, 2.45) is 0 Å². The van der Waals surface area contributed by atoms with Gasteiger partial charge in [-0.3, -0.25) is 4.98 Å². The Bertz CT molecular complexity index is 417. The van der Waals surface area contributed by atoms with Crippen LogP contribution in [0.5, 0.6) is 0 Å². The van der Waals surface area contributed by atoms with E-state index >= 15 is 0 Å². The average molecular weight is 211 g/mol. The van der Waals surface area contributed by atoms with Gasteiger partial charge in [0.05, 0.1) is 0 Å². The van der Waals surface area contributed by atoms with Gasteiger partial charge in [0.15, 0.2) is 0 Å². The summed E-state index contributed by atoms with van der Waals surface area (Å²) in [7, 11) is 0. The maximum Gasteiger partial charge on any atom is 0.0403 e. The molecule has 82 valence electrons. The minimum absolute atomic E-state index is 1.06. The van der Waals surface area contributed by atoms with Gasteiger partial charge in [0, 0.05) is 11.9 Å². The van der Waals surface area contributed by atoms with Crippen molar-refractivity contribution in [3.05, 3.63) is 65.5 Å². The van der Waals surface area contributed by atoms with E-state index in [1.54, 1.807) is 0 Å². The van der Waals surface area contributed by atoms with Gasteiger partial charge in [-0.15, -0.1) is 0 Å². The summed E-state index contributed by atoms with van der Waals surface area (Å²) in [4.78, 5) is 4.41. The Morgan fingerprint density at radius 1 is 0.938 bits per heavy atom. The lowest BCUT2D eigenvalue weighted by molar-refractivity contribution is 0.798. The van der Waals surface area contributed by atoms with Crippen LogP contribution in [0.1, 0.15) is 23.2 Å². The Kier molecular flexibility index (Phi) is 3.71. The number of nitrogens with zero attached hydrogens (tertiary/aromatic N) is 1. The van der Waals surface area contributed by atoms with E-state index < -0.39 is 0 Å². The molecule has 0 saturated heterocycles. The molecule has 0 aliphatic carbocycles. The molecule has 0 spiro atoms. The number of benzene rings is 1. The van der Waals surface area contributed by atoms with Crippen molar-refractivity contribution in [3.63, 3.8) is 0 Å². The van der Waals surface area contributed by atoms with E-state index in [9.17, 15) is 0 Å². The molecular formula is C15H17N. The van der Waals surface area contributed by atoms with Gasteiger partial charge in [-0.1, -0.05) is 36.4 Å². The van der Waals surface area contributed by atoms with Crippen molar-refractivity contribution in [1.82, 2.24) is 4.98 Å². The fourth-order valence-electron chi connectivity index (χ4n) is 1.76. The van der Waals surface area contributed by atoms with E-state index in [-0.39, 0.29) is 0 Å². The normalized spacial score (nSPS) is 10.3. The lowest BCUT2D eigenvalue weighted by atomic mass is 10.1. The van der Waals surface area contributed by atoms with Crippen molar-refractivity contribution in [3.8, 4) is 0 Å². The van der Waals surface area contributed by atoms with Crippen LogP contribution in [-0.2, 0) is 12.8 Å². The Labute approximate surface area is 97.2 Å². The van der Waals surface area contributed by atoms with Crippen LogP contribution in [0.15, 0.2) is 48.7 Å². The van der Waals surface area contributed by atoms with Crippen molar-refractivity contribution in [1.29, 1.82) is 0 Å². The summed E-state index contributed by atoms with van der Waals surface area (Å²) in [5, 5.41) is 0. The Balaban J connectivity index is 1.82. The van der Waals surface area contributed by atoms with E-state index in [1.807, 2.05) is 6.20 Å². The summed E-state index contributed by atoms with van der Waals surface area (Å²) < 4.78 is 0.